The van der Waals surface area contributed by atoms with Gasteiger partial charge in [-0.25, -0.2) is 4.79 Å². The minimum atomic E-state index is -0.228. The Balaban J connectivity index is 2.45. The molecule has 1 aromatic rings. The van der Waals surface area contributed by atoms with E-state index in [4.69, 9.17) is 4.74 Å². The van der Waals surface area contributed by atoms with Gasteiger partial charge in [-0.1, -0.05) is 28.1 Å². The maximum Gasteiger partial charge on any atom is 0.340 e. The number of carbonyl (C=O) groups is 1. The lowest BCUT2D eigenvalue weighted by Gasteiger charge is -2.18. The fourth-order valence-corrected chi connectivity index (χ4v) is 2.61. The van der Waals surface area contributed by atoms with Gasteiger partial charge in [0.15, 0.2) is 0 Å². The molecule has 4 heteroatoms. The van der Waals surface area contributed by atoms with Crippen LogP contribution in [0, 0.1) is 0 Å². The summed E-state index contributed by atoms with van der Waals surface area (Å²) in [4.78, 5) is 14.4. The number of nitrogens with zero attached hydrogens (tertiary/aromatic N) is 1. The SMILES string of the molecule is CCOC(=O)/C(=C1/CCCN1C)c1ccc(Br)cc1. The number of ether oxygens (including phenoxy) is 1. The highest BCUT2D eigenvalue weighted by molar-refractivity contribution is 9.10. The molecule has 0 bridgehead atoms. The molecule has 1 saturated heterocycles. The predicted octanol–water partition coefficient (Wildman–Crippen LogP) is 3.45. The van der Waals surface area contributed by atoms with E-state index in [-0.39, 0.29) is 5.97 Å². The molecule has 2 rings (SSSR count). The van der Waals surface area contributed by atoms with Crippen molar-refractivity contribution in [3.05, 3.63) is 40.0 Å². The highest BCUT2D eigenvalue weighted by Crippen LogP contribution is 2.30. The maximum atomic E-state index is 12.2. The van der Waals surface area contributed by atoms with Crippen molar-refractivity contribution >= 4 is 27.5 Å². The van der Waals surface area contributed by atoms with Crippen LogP contribution in [0.15, 0.2) is 34.4 Å². The second kappa shape index (κ2) is 6.24. The number of esters is 1. The minimum Gasteiger partial charge on any atom is -0.462 e. The van der Waals surface area contributed by atoms with Crippen molar-refractivity contribution < 1.29 is 9.53 Å². The average Bonchev–Trinajstić information content (AvgIpc) is 2.79. The molecule has 0 amide bonds. The molecular weight excluding hydrogens is 306 g/mol. The molecular formula is C15H18BrNO2. The van der Waals surface area contributed by atoms with E-state index in [2.05, 4.69) is 20.8 Å². The molecule has 1 fully saturated rings. The van der Waals surface area contributed by atoms with Gasteiger partial charge in [0.25, 0.3) is 0 Å². The number of carbonyl (C=O) groups excluding carboxylic acids is 1. The van der Waals surface area contributed by atoms with Crippen LogP contribution in [0.2, 0.25) is 0 Å². The van der Waals surface area contributed by atoms with Crippen molar-refractivity contribution in [1.82, 2.24) is 4.90 Å². The van der Waals surface area contributed by atoms with Gasteiger partial charge in [-0.3, -0.25) is 0 Å². The zero-order chi connectivity index (χ0) is 13.8. The number of hydrogen-bond acceptors (Lipinski definition) is 3. The number of rotatable bonds is 3. The smallest absolute Gasteiger partial charge is 0.340 e. The molecule has 0 aliphatic carbocycles. The molecule has 0 radical (unpaired) electrons. The van der Waals surface area contributed by atoms with Gasteiger partial charge in [-0.05, 0) is 37.5 Å². The Morgan fingerprint density at radius 3 is 2.58 bits per heavy atom. The summed E-state index contributed by atoms with van der Waals surface area (Å²) in [6.07, 6.45) is 2.02. The van der Waals surface area contributed by atoms with Gasteiger partial charge in [0.2, 0.25) is 0 Å². The van der Waals surface area contributed by atoms with E-state index < -0.39 is 0 Å². The van der Waals surface area contributed by atoms with Crippen molar-refractivity contribution in [1.29, 1.82) is 0 Å². The van der Waals surface area contributed by atoms with E-state index in [1.807, 2.05) is 38.2 Å². The lowest BCUT2D eigenvalue weighted by atomic mass is 10.0. The van der Waals surface area contributed by atoms with E-state index in [1.54, 1.807) is 0 Å². The van der Waals surface area contributed by atoms with Crippen LogP contribution in [0.4, 0.5) is 0 Å². The molecule has 0 spiro atoms. The summed E-state index contributed by atoms with van der Waals surface area (Å²) in [5.74, 6) is -0.228. The highest BCUT2D eigenvalue weighted by Gasteiger charge is 2.24. The number of halogens is 1. The molecule has 102 valence electrons. The summed E-state index contributed by atoms with van der Waals surface area (Å²) >= 11 is 3.42. The fraction of sp³-hybridized carbons (Fsp3) is 0.400. The summed E-state index contributed by atoms with van der Waals surface area (Å²) in [6.45, 7) is 3.23. The molecule has 0 N–H and O–H groups in total. The number of likely N-dealkylation sites (tertiary alicyclic amines) is 1. The third kappa shape index (κ3) is 3.18. The molecule has 1 aromatic carbocycles. The van der Waals surface area contributed by atoms with Crippen LogP contribution in [0.1, 0.15) is 25.3 Å². The molecule has 0 aromatic heterocycles. The van der Waals surface area contributed by atoms with Crippen molar-refractivity contribution in [3.63, 3.8) is 0 Å². The number of hydrogen-bond donors (Lipinski definition) is 0. The maximum absolute atomic E-state index is 12.2. The van der Waals surface area contributed by atoms with Crippen LogP contribution in [0.3, 0.4) is 0 Å². The topological polar surface area (TPSA) is 29.5 Å². The van der Waals surface area contributed by atoms with E-state index in [9.17, 15) is 4.79 Å². The molecule has 1 heterocycles. The second-order valence-corrected chi connectivity index (χ2v) is 5.49. The largest absolute Gasteiger partial charge is 0.462 e. The van der Waals surface area contributed by atoms with E-state index in [1.165, 1.54) is 0 Å². The van der Waals surface area contributed by atoms with E-state index >= 15 is 0 Å². The summed E-state index contributed by atoms with van der Waals surface area (Å²) in [7, 11) is 2.03. The third-order valence-corrected chi connectivity index (χ3v) is 3.80. The molecule has 1 aliphatic rings. The van der Waals surface area contributed by atoms with E-state index in [0.717, 1.165) is 35.1 Å². The molecule has 1 aliphatic heterocycles. The lowest BCUT2D eigenvalue weighted by molar-refractivity contribution is -0.136. The Hall–Kier alpha value is -1.29. The predicted molar refractivity (Wildman–Crippen MR) is 79.6 cm³/mol. The number of benzene rings is 1. The zero-order valence-electron chi connectivity index (χ0n) is 11.3. The Bertz CT molecular complexity index is 493. The van der Waals surface area contributed by atoms with Crippen molar-refractivity contribution in [2.24, 2.45) is 0 Å². The first-order chi connectivity index (χ1) is 9.13. The molecule has 0 unspecified atom stereocenters. The zero-order valence-corrected chi connectivity index (χ0v) is 12.9. The molecule has 0 saturated carbocycles. The Morgan fingerprint density at radius 2 is 2.05 bits per heavy atom. The Labute approximate surface area is 122 Å². The van der Waals surface area contributed by atoms with Crippen LogP contribution in [0.5, 0.6) is 0 Å². The fourth-order valence-electron chi connectivity index (χ4n) is 2.35. The van der Waals surface area contributed by atoms with Gasteiger partial charge in [0.1, 0.15) is 0 Å². The average molecular weight is 324 g/mol. The Kier molecular flexibility index (Phi) is 4.64. The summed E-state index contributed by atoms with van der Waals surface area (Å²) in [5, 5.41) is 0. The monoisotopic (exact) mass is 323 g/mol. The summed E-state index contributed by atoms with van der Waals surface area (Å²) in [6, 6.07) is 7.80. The first-order valence-electron chi connectivity index (χ1n) is 6.50. The van der Waals surface area contributed by atoms with E-state index in [0.29, 0.717) is 12.2 Å². The van der Waals surface area contributed by atoms with Gasteiger partial charge in [0, 0.05) is 23.8 Å². The van der Waals surface area contributed by atoms with Gasteiger partial charge in [-0.2, -0.15) is 0 Å². The minimum absolute atomic E-state index is 0.228. The van der Waals surface area contributed by atoms with Crippen LogP contribution in [0.25, 0.3) is 5.57 Å². The summed E-state index contributed by atoms with van der Waals surface area (Å²) in [5.41, 5.74) is 2.71. The highest BCUT2D eigenvalue weighted by atomic mass is 79.9. The standard InChI is InChI=1S/C15H18BrNO2/c1-3-19-15(18)14(13-5-4-10-17(13)2)11-6-8-12(16)9-7-11/h6-9H,3-5,10H2,1-2H3/b14-13-. The quantitative estimate of drug-likeness (QED) is 0.630. The van der Waals surface area contributed by atoms with Crippen molar-refractivity contribution in [2.45, 2.75) is 19.8 Å². The van der Waals surface area contributed by atoms with Gasteiger partial charge in [0.05, 0.1) is 12.2 Å². The number of allylic oxidation sites excluding steroid dienone is 1. The van der Waals surface area contributed by atoms with Crippen LogP contribution in [-0.2, 0) is 9.53 Å². The second-order valence-electron chi connectivity index (χ2n) is 4.57. The van der Waals surface area contributed by atoms with Crippen LogP contribution >= 0.6 is 15.9 Å². The van der Waals surface area contributed by atoms with Gasteiger partial charge >= 0.3 is 5.97 Å². The van der Waals surface area contributed by atoms with Gasteiger partial charge in [-0.15, -0.1) is 0 Å². The molecule has 19 heavy (non-hydrogen) atoms. The van der Waals surface area contributed by atoms with Gasteiger partial charge < -0.3 is 9.64 Å². The lowest BCUT2D eigenvalue weighted by Crippen LogP contribution is -2.17. The normalized spacial score (nSPS) is 17.5. The third-order valence-electron chi connectivity index (χ3n) is 3.27. The van der Waals surface area contributed by atoms with Crippen LogP contribution in [-0.4, -0.2) is 31.1 Å². The van der Waals surface area contributed by atoms with Crippen LogP contribution < -0.4 is 0 Å². The Morgan fingerprint density at radius 1 is 1.37 bits per heavy atom. The van der Waals surface area contributed by atoms with Crippen molar-refractivity contribution in [2.75, 3.05) is 20.2 Å². The molecule has 3 nitrogen and oxygen atoms in total. The first kappa shape index (κ1) is 14.1. The molecule has 0 atom stereocenters. The van der Waals surface area contributed by atoms with Crippen molar-refractivity contribution in [3.8, 4) is 0 Å². The summed E-state index contributed by atoms with van der Waals surface area (Å²) < 4.78 is 6.22. The first-order valence-corrected chi connectivity index (χ1v) is 7.30.